The molecular weight excluding hydrogens is 178 g/mol. The summed E-state index contributed by atoms with van der Waals surface area (Å²) in [5, 5.41) is 9.91. The summed E-state index contributed by atoms with van der Waals surface area (Å²) in [5.41, 5.74) is 0. The maximum Gasteiger partial charge on any atom is 0.0805 e. The first-order chi connectivity index (χ1) is 6.69. The van der Waals surface area contributed by atoms with Crippen LogP contribution in [0.2, 0.25) is 0 Å². The second-order valence-corrected chi connectivity index (χ2v) is 4.01. The summed E-state index contributed by atoms with van der Waals surface area (Å²) in [4.78, 5) is 2.16. The zero-order valence-electron chi connectivity index (χ0n) is 9.31. The number of aliphatic hydroxyl groups excluding tert-OH is 1. The Morgan fingerprint density at radius 3 is 2.79 bits per heavy atom. The second-order valence-electron chi connectivity index (χ2n) is 4.01. The van der Waals surface area contributed by atoms with E-state index in [9.17, 15) is 5.11 Å². The van der Waals surface area contributed by atoms with Crippen molar-refractivity contribution < 1.29 is 9.84 Å². The lowest BCUT2D eigenvalue weighted by Crippen LogP contribution is -2.46. The number of allylic oxidation sites excluding steroid dienone is 1. The van der Waals surface area contributed by atoms with Gasteiger partial charge < -0.3 is 14.7 Å². The first-order valence-electron chi connectivity index (χ1n) is 5.21. The first kappa shape index (κ1) is 11.7. The standard InChI is InChI=1S/C11H21NO2/c1-4-5-11(14-3)9-6-7-12(2)8-10(9)13/h4-5,9-11,13H,6-8H2,1-3H3/b5-4+. The summed E-state index contributed by atoms with van der Waals surface area (Å²) in [6, 6.07) is 0. The smallest absolute Gasteiger partial charge is 0.0805 e. The quantitative estimate of drug-likeness (QED) is 0.685. The highest BCUT2D eigenvalue weighted by atomic mass is 16.5. The molecular formula is C11H21NO2. The van der Waals surface area contributed by atoms with Gasteiger partial charge in [0.2, 0.25) is 0 Å². The zero-order valence-corrected chi connectivity index (χ0v) is 9.31. The predicted molar refractivity (Wildman–Crippen MR) is 57.2 cm³/mol. The van der Waals surface area contributed by atoms with Gasteiger partial charge in [-0.2, -0.15) is 0 Å². The van der Waals surface area contributed by atoms with Gasteiger partial charge in [-0.05, 0) is 26.9 Å². The highest BCUT2D eigenvalue weighted by Gasteiger charge is 2.31. The summed E-state index contributed by atoms with van der Waals surface area (Å²) in [6.07, 6.45) is 4.80. The molecule has 1 N–H and O–H groups in total. The van der Waals surface area contributed by atoms with Crippen LogP contribution in [-0.4, -0.2) is 49.5 Å². The fraction of sp³-hybridized carbons (Fsp3) is 0.818. The topological polar surface area (TPSA) is 32.7 Å². The van der Waals surface area contributed by atoms with Crippen molar-refractivity contribution in [3.63, 3.8) is 0 Å². The Morgan fingerprint density at radius 1 is 1.57 bits per heavy atom. The van der Waals surface area contributed by atoms with E-state index in [2.05, 4.69) is 4.90 Å². The molecule has 0 saturated carbocycles. The molecule has 1 saturated heterocycles. The third-order valence-electron chi connectivity index (χ3n) is 2.91. The number of ether oxygens (including phenoxy) is 1. The molecule has 0 spiro atoms. The molecule has 1 aliphatic heterocycles. The van der Waals surface area contributed by atoms with Crippen LogP contribution in [0, 0.1) is 5.92 Å². The van der Waals surface area contributed by atoms with Crippen LogP contribution < -0.4 is 0 Å². The maximum atomic E-state index is 9.91. The Bertz CT molecular complexity index is 194. The molecule has 0 aromatic heterocycles. The first-order valence-corrected chi connectivity index (χ1v) is 5.21. The van der Waals surface area contributed by atoms with Gasteiger partial charge in [-0.3, -0.25) is 0 Å². The number of rotatable bonds is 3. The molecule has 0 aliphatic carbocycles. The lowest BCUT2D eigenvalue weighted by molar-refractivity contribution is -0.0314. The minimum Gasteiger partial charge on any atom is -0.391 e. The van der Waals surface area contributed by atoms with Crippen LogP contribution >= 0.6 is 0 Å². The van der Waals surface area contributed by atoms with Crippen LogP contribution in [-0.2, 0) is 4.74 Å². The number of β-amino-alcohol motifs (C(OH)–C–C–N with tert-alkyl or cyclic N) is 1. The van der Waals surface area contributed by atoms with Gasteiger partial charge in [0.1, 0.15) is 0 Å². The van der Waals surface area contributed by atoms with Gasteiger partial charge in [-0.1, -0.05) is 12.2 Å². The van der Waals surface area contributed by atoms with Crippen molar-refractivity contribution in [2.24, 2.45) is 5.92 Å². The van der Waals surface area contributed by atoms with Crippen LogP contribution in [0.3, 0.4) is 0 Å². The van der Waals surface area contributed by atoms with Crippen molar-refractivity contribution >= 4 is 0 Å². The van der Waals surface area contributed by atoms with Crippen molar-refractivity contribution in [2.45, 2.75) is 25.6 Å². The molecule has 0 amide bonds. The zero-order chi connectivity index (χ0) is 10.6. The van der Waals surface area contributed by atoms with E-state index in [1.54, 1.807) is 7.11 Å². The fourth-order valence-corrected chi connectivity index (χ4v) is 2.08. The van der Waals surface area contributed by atoms with Crippen molar-refractivity contribution in [2.75, 3.05) is 27.2 Å². The molecule has 1 heterocycles. The number of likely N-dealkylation sites (N-methyl/N-ethyl adjacent to an activating group) is 1. The van der Waals surface area contributed by atoms with Gasteiger partial charge in [-0.15, -0.1) is 0 Å². The van der Waals surface area contributed by atoms with E-state index in [1.807, 2.05) is 26.1 Å². The number of aliphatic hydroxyl groups is 1. The molecule has 0 radical (unpaired) electrons. The molecule has 0 bridgehead atoms. The van der Waals surface area contributed by atoms with E-state index < -0.39 is 0 Å². The Hall–Kier alpha value is -0.380. The average molecular weight is 199 g/mol. The van der Waals surface area contributed by atoms with E-state index in [4.69, 9.17) is 4.74 Å². The molecule has 3 nitrogen and oxygen atoms in total. The van der Waals surface area contributed by atoms with Crippen LogP contribution in [0.5, 0.6) is 0 Å². The Balaban J connectivity index is 2.57. The van der Waals surface area contributed by atoms with E-state index in [0.717, 1.165) is 19.5 Å². The molecule has 0 aromatic carbocycles. The van der Waals surface area contributed by atoms with E-state index >= 15 is 0 Å². The molecule has 3 atom stereocenters. The third kappa shape index (κ3) is 2.80. The summed E-state index contributed by atoms with van der Waals surface area (Å²) in [6.45, 7) is 3.77. The van der Waals surface area contributed by atoms with Gasteiger partial charge >= 0.3 is 0 Å². The van der Waals surface area contributed by atoms with Gasteiger partial charge in [-0.25, -0.2) is 0 Å². The van der Waals surface area contributed by atoms with Crippen LogP contribution in [0.4, 0.5) is 0 Å². The Morgan fingerprint density at radius 2 is 2.29 bits per heavy atom. The molecule has 1 fully saturated rings. The molecule has 1 aliphatic rings. The number of hydrogen-bond acceptors (Lipinski definition) is 3. The van der Waals surface area contributed by atoms with Gasteiger partial charge in [0.15, 0.2) is 0 Å². The number of likely N-dealkylation sites (tertiary alicyclic amines) is 1. The fourth-order valence-electron chi connectivity index (χ4n) is 2.08. The molecule has 82 valence electrons. The van der Waals surface area contributed by atoms with E-state index in [0.29, 0.717) is 0 Å². The van der Waals surface area contributed by atoms with Crippen LogP contribution in [0.1, 0.15) is 13.3 Å². The summed E-state index contributed by atoms with van der Waals surface area (Å²) >= 11 is 0. The highest BCUT2D eigenvalue weighted by molar-refractivity contribution is 4.95. The van der Waals surface area contributed by atoms with Crippen LogP contribution in [0.25, 0.3) is 0 Å². The minimum absolute atomic E-state index is 0.0590. The van der Waals surface area contributed by atoms with Gasteiger partial charge in [0.05, 0.1) is 12.2 Å². The molecule has 3 heteroatoms. The van der Waals surface area contributed by atoms with E-state index in [1.165, 1.54) is 0 Å². The van der Waals surface area contributed by atoms with Crippen LogP contribution in [0.15, 0.2) is 12.2 Å². The molecule has 0 aromatic rings. The maximum absolute atomic E-state index is 9.91. The lowest BCUT2D eigenvalue weighted by Gasteiger charge is -2.36. The van der Waals surface area contributed by atoms with Crippen molar-refractivity contribution in [1.82, 2.24) is 4.90 Å². The third-order valence-corrected chi connectivity index (χ3v) is 2.91. The number of hydrogen-bond donors (Lipinski definition) is 1. The van der Waals surface area contributed by atoms with E-state index in [-0.39, 0.29) is 18.1 Å². The SMILES string of the molecule is C/C=C/C(OC)C1CCN(C)CC1O. The lowest BCUT2D eigenvalue weighted by atomic mass is 9.88. The summed E-state index contributed by atoms with van der Waals surface area (Å²) in [5.74, 6) is 0.243. The highest BCUT2D eigenvalue weighted by Crippen LogP contribution is 2.22. The second kappa shape index (κ2) is 5.49. The van der Waals surface area contributed by atoms with Gasteiger partial charge in [0, 0.05) is 19.6 Å². The predicted octanol–water partition coefficient (Wildman–Crippen LogP) is 0.890. The molecule has 1 rings (SSSR count). The van der Waals surface area contributed by atoms with Crippen molar-refractivity contribution in [1.29, 1.82) is 0 Å². The van der Waals surface area contributed by atoms with Crippen molar-refractivity contribution in [3.05, 3.63) is 12.2 Å². The van der Waals surface area contributed by atoms with Gasteiger partial charge in [0.25, 0.3) is 0 Å². The largest absolute Gasteiger partial charge is 0.391 e. The normalized spacial score (nSPS) is 32.3. The monoisotopic (exact) mass is 199 g/mol. The Labute approximate surface area is 86.4 Å². The summed E-state index contributed by atoms with van der Waals surface area (Å²) in [7, 11) is 3.74. The number of nitrogens with zero attached hydrogens (tertiary/aromatic N) is 1. The number of piperidine rings is 1. The number of methoxy groups -OCH3 is 1. The molecule has 3 unspecified atom stereocenters. The molecule has 14 heavy (non-hydrogen) atoms. The summed E-state index contributed by atoms with van der Waals surface area (Å²) < 4.78 is 5.37. The Kier molecular flexibility index (Phi) is 4.58. The average Bonchev–Trinajstić information content (AvgIpc) is 2.15. The minimum atomic E-state index is -0.269. The van der Waals surface area contributed by atoms with Crippen molar-refractivity contribution in [3.8, 4) is 0 Å².